The number of fused-ring (bicyclic) bond motifs is 2. The molecule has 12 heteroatoms. The van der Waals surface area contributed by atoms with Crippen molar-refractivity contribution in [3.63, 3.8) is 0 Å². The van der Waals surface area contributed by atoms with Gasteiger partial charge < -0.3 is 4.74 Å². The summed E-state index contributed by atoms with van der Waals surface area (Å²) in [6, 6.07) is 14.6. The van der Waals surface area contributed by atoms with Crippen molar-refractivity contribution in [3.05, 3.63) is 108 Å². The van der Waals surface area contributed by atoms with Gasteiger partial charge in [0.1, 0.15) is 17.9 Å². The zero-order valence-electron chi connectivity index (χ0n) is 17.5. The van der Waals surface area contributed by atoms with Crippen molar-refractivity contribution in [1.82, 2.24) is 9.66 Å². The number of nitrogens with zero attached hydrogens (tertiary/aromatic N) is 4. The maximum absolute atomic E-state index is 13.5. The number of carbonyl (C=O) groups is 2. The third-order valence-electron chi connectivity index (χ3n) is 5.34. The van der Waals surface area contributed by atoms with Crippen LogP contribution in [0.15, 0.2) is 65.5 Å². The molecule has 0 spiro atoms. The largest absolute Gasteiger partial charge is 0.484 e. The van der Waals surface area contributed by atoms with Crippen molar-refractivity contribution in [3.8, 4) is 5.75 Å². The van der Waals surface area contributed by atoms with Gasteiger partial charge in [0, 0.05) is 11.1 Å². The fourth-order valence-electron chi connectivity index (χ4n) is 3.79. The van der Waals surface area contributed by atoms with Gasteiger partial charge in [0.2, 0.25) is 0 Å². The SMILES string of the molecule is O=C1c2cccc([N+](=O)[O-])c2C(=O)N1n1c(COc2ccc(Cl)cc2Cl)nc2ccccc2c1=O. The highest BCUT2D eigenvalue weighted by atomic mass is 35.5. The van der Waals surface area contributed by atoms with E-state index in [9.17, 15) is 24.5 Å². The van der Waals surface area contributed by atoms with Gasteiger partial charge in [-0.1, -0.05) is 41.4 Å². The number of ether oxygens (including phenoxy) is 1. The molecule has 0 saturated carbocycles. The fraction of sp³-hybridized carbons (Fsp3) is 0.0435. The number of nitro benzene ring substituents is 1. The molecular formula is C23H12Cl2N4O6. The monoisotopic (exact) mass is 510 g/mol. The van der Waals surface area contributed by atoms with Crippen LogP contribution in [0.3, 0.4) is 0 Å². The summed E-state index contributed by atoms with van der Waals surface area (Å²) in [5.74, 6) is -1.80. The lowest BCUT2D eigenvalue weighted by Gasteiger charge is -2.21. The van der Waals surface area contributed by atoms with Gasteiger partial charge in [-0.05, 0) is 36.4 Å². The van der Waals surface area contributed by atoms with Gasteiger partial charge in [0.05, 0.1) is 26.4 Å². The van der Waals surface area contributed by atoms with Crippen LogP contribution in [0.1, 0.15) is 26.5 Å². The van der Waals surface area contributed by atoms with Gasteiger partial charge in [-0.2, -0.15) is 9.69 Å². The van der Waals surface area contributed by atoms with E-state index in [2.05, 4.69) is 4.98 Å². The number of halogens is 2. The molecule has 0 unspecified atom stereocenters. The Morgan fingerprint density at radius 2 is 1.74 bits per heavy atom. The molecule has 0 aliphatic carbocycles. The number of aromatic nitrogens is 2. The fourth-order valence-corrected chi connectivity index (χ4v) is 4.26. The molecule has 10 nitrogen and oxygen atoms in total. The standard InChI is InChI=1S/C23H12Cl2N4O6/c24-12-8-9-18(15(25)10-12)35-11-19-26-16-6-2-1-4-13(16)21(30)27(19)28-22(31)14-5-3-7-17(29(33)34)20(14)23(28)32/h1-10H,11H2. The average Bonchev–Trinajstić information content (AvgIpc) is 3.08. The molecule has 0 fully saturated rings. The zero-order valence-corrected chi connectivity index (χ0v) is 19.0. The van der Waals surface area contributed by atoms with E-state index in [1.165, 1.54) is 30.3 Å². The van der Waals surface area contributed by atoms with Gasteiger partial charge in [0.15, 0.2) is 5.82 Å². The molecule has 174 valence electrons. The number of hydrogen-bond donors (Lipinski definition) is 0. The van der Waals surface area contributed by atoms with E-state index >= 15 is 0 Å². The highest BCUT2D eigenvalue weighted by Gasteiger charge is 2.43. The number of hydrogen-bond acceptors (Lipinski definition) is 7. The Morgan fingerprint density at radius 1 is 0.971 bits per heavy atom. The first kappa shape index (κ1) is 22.5. The van der Waals surface area contributed by atoms with Gasteiger partial charge >= 0.3 is 0 Å². The zero-order chi connectivity index (χ0) is 24.9. The minimum atomic E-state index is -1.03. The van der Waals surface area contributed by atoms with Crippen molar-refractivity contribution >= 4 is 51.6 Å². The number of rotatable bonds is 5. The molecule has 4 aromatic rings. The van der Waals surface area contributed by atoms with Gasteiger partial charge in [-0.15, -0.1) is 0 Å². The Kier molecular flexibility index (Phi) is 5.46. The number of carbonyl (C=O) groups excluding carboxylic acids is 2. The summed E-state index contributed by atoms with van der Waals surface area (Å²) in [6.07, 6.45) is 0. The molecule has 1 aliphatic heterocycles. The van der Waals surface area contributed by atoms with E-state index in [-0.39, 0.29) is 34.2 Å². The quantitative estimate of drug-likeness (QED) is 0.224. The molecule has 3 aromatic carbocycles. The maximum atomic E-state index is 13.5. The molecule has 0 N–H and O–H groups in total. The van der Waals surface area contributed by atoms with Crippen LogP contribution in [0.5, 0.6) is 5.75 Å². The average molecular weight is 511 g/mol. The number of amides is 2. The van der Waals surface area contributed by atoms with E-state index in [1.807, 2.05) is 0 Å². The first-order valence-corrected chi connectivity index (χ1v) is 10.8. The lowest BCUT2D eigenvalue weighted by atomic mass is 10.1. The molecule has 2 heterocycles. The molecule has 0 atom stereocenters. The number of nitro groups is 1. The maximum Gasteiger partial charge on any atom is 0.288 e. The molecule has 0 radical (unpaired) electrons. The molecule has 1 aliphatic rings. The molecule has 5 rings (SSSR count). The summed E-state index contributed by atoms with van der Waals surface area (Å²) in [5.41, 5.74) is -1.58. The Hall–Kier alpha value is -4.28. The second kappa shape index (κ2) is 8.49. The predicted molar refractivity (Wildman–Crippen MR) is 127 cm³/mol. The number of para-hydroxylation sites is 1. The molecule has 35 heavy (non-hydrogen) atoms. The summed E-state index contributed by atoms with van der Waals surface area (Å²) in [6.45, 7) is -0.364. The van der Waals surface area contributed by atoms with E-state index in [0.717, 1.165) is 10.7 Å². The summed E-state index contributed by atoms with van der Waals surface area (Å²) < 4.78 is 6.50. The summed E-state index contributed by atoms with van der Waals surface area (Å²) in [4.78, 5) is 55.1. The minimum Gasteiger partial charge on any atom is -0.484 e. The minimum absolute atomic E-state index is 0.100. The van der Waals surface area contributed by atoms with Crippen LogP contribution in [0.25, 0.3) is 10.9 Å². The topological polar surface area (TPSA) is 125 Å². The van der Waals surface area contributed by atoms with E-state index < -0.39 is 33.5 Å². The third kappa shape index (κ3) is 3.69. The first-order valence-electron chi connectivity index (χ1n) is 10.0. The van der Waals surface area contributed by atoms with Crippen molar-refractivity contribution in [2.45, 2.75) is 6.61 Å². The van der Waals surface area contributed by atoms with Crippen molar-refractivity contribution in [1.29, 1.82) is 0 Å². The van der Waals surface area contributed by atoms with Crippen LogP contribution < -0.4 is 15.3 Å². The Bertz CT molecular complexity index is 1630. The van der Waals surface area contributed by atoms with Gasteiger partial charge in [0.25, 0.3) is 23.1 Å². The van der Waals surface area contributed by atoms with Crippen LogP contribution in [-0.4, -0.2) is 26.4 Å². The first-order chi connectivity index (χ1) is 16.8. The number of imide groups is 1. The van der Waals surface area contributed by atoms with E-state index in [4.69, 9.17) is 27.9 Å². The van der Waals surface area contributed by atoms with Gasteiger partial charge in [-0.25, -0.2) is 4.98 Å². The van der Waals surface area contributed by atoms with Crippen LogP contribution in [0.4, 0.5) is 5.69 Å². The summed E-state index contributed by atoms with van der Waals surface area (Å²) in [7, 11) is 0. The third-order valence-corrected chi connectivity index (χ3v) is 5.87. The summed E-state index contributed by atoms with van der Waals surface area (Å²) in [5, 5.41) is 12.7. The van der Waals surface area contributed by atoms with E-state index in [1.54, 1.807) is 24.3 Å². The second-order valence-electron chi connectivity index (χ2n) is 7.40. The van der Waals surface area contributed by atoms with Crippen LogP contribution in [-0.2, 0) is 6.61 Å². The molecule has 0 bridgehead atoms. The predicted octanol–water partition coefficient (Wildman–Crippen LogP) is 4.12. The Labute approximate surface area is 206 Å². The Balaban J connectivity index is 1.67. The Morgan fingerprint density at radius 3 is 2.49 bits per heavy atom. The smallest absolute Gasteiger partial charge is 0.288 e. The van der Waals surface area contributed by atoms with Crippen LogP contribution in [0.2, 0.25) is 10.0 Å². The van der Waals surface area contributed by atoms with Crippen molar-refractivity contribution in [2.24, 2.45) is 0 Å². The van der Waals surface area contributed by atoms with Crippen molar-refractivity contribution < 1.29 is 19.2 Å². The molecule has 1 aromatic heterocycles. The van der Waals surface area contributed by atoms with E-state index in [0.29, 0.717) is 15.5 Å². The van der Waals surface area contributed by atoms with Gasteiger partial charge in [-0.3, -0.25) is 24.5 Å². The molecular weight excluding hydrogens is 499 g/mol. The van der Waals surface area contributed by atoms with Crippen LogP contribution in [0, 0.1) is 10.1 Å². The van der Waals surface area contributed by atoms with Crippen molar-refractivity contribution in [2.75, 3.05) is 5.01 Å². The lowest BCUT2D eigenvalue weighted by molar-refractivity contribution is -0.385. The normalized spacial score (nSPS) is 12.8. The highest BCUT2D eigenvalue weighted by molar-refractivity contribution is 6.35. The second-order valence-corrected chi connectivity index (χ2v) is 8.25. The molecule has 0 saturated heterocycles. The highest BCUT2D eigenvalue weighted by Crippen LogP contribution is 2.31. The lowest BCUT2D eigenvalue weighted by Crippen LogP contribution is -2.48. The van der Waals surface area contributed by atoms with Crippen LogP contribution >= 0.6 is 23.2 Å². The molecule has 2 amide bonds. The number of benzene rings is 3. The summed E-state index contributed by atoms with van der Waals surface area (Å²) >= 11 is 12.1.